The Labute approximate surface area is 142 Å². The highest BCUT2D eigenvalue weighted by molar-refractivity contribution is 5.59. The van der Waals surface area contributed by atoms with E-state index in [1.54, 1.807) is 0 Å². The molecular formula is C20H34N2O. The summed E-state index contributed by atoms with van der Waals surface area (Å²) in [6.45, 7) is 15.6. The Morgan fingerprint density at radius 1 is 1.22 bits per heavy atom. The van der Waals surface area contributed by atoms with Gasteiger partial charge in [0, 0.05) is 5.54 Å². The third kappa shape index (κ3) is 5.72. The number of fused-ring (bicyclic) bond motifs is 1. The Kier molecular flexibility index (Phi) is 5.61. The van der Waals surface area contributed by atoms with Crippen molar-refractivity contribution in [1.82, 2.24) is 5.32 Å². The minimum Gasteiger partial charge on any atom is -0.486 e. The summed E-state index contributed by atoms with van der Waals surface area (Å²) in [6, 6.07) is 6.54. The van der Waals surface area contributed by atoms with E-state index in [-0.39, 0.29) is 5.54 Å². The SMILES string of the molecule is CCC1CNc2cc(CCNC(C)(C)CC(C)(C)C)ccc2O1. The lowest BCUT2D eigenvalue weighted by atomic mass is 9.82. The van der Waals surface area contributed by atoms with Crippen LogP contribution in [0.25, 0.3) is 0 Å². The first kappa shape index (κ1) is 18.1. The molecule has 0 bridgehead atoms. The molecule has 0 fully saturated rings. The number of benzene rings is 1. The summed E-state index contributed by atoms with van der Waals surface area (Å²) in [7, 11) is 0. The number of hydrogen-bond acceptors (Lipinski definition) is 3. The topological polar surface area (TPSA) is 33.3 Å². The van der Waals surface area contributed by atoms with Gasteiger partial charge in [0.2, 0.25) is 0 Å². The van der Waals surface area contributed by atoms with Crippen molar-refractivity contribution >= 4 is 5.69 Å². The number of anilines is 1. The van der Waals surface area contributed by atoms with Crippen molar-refractivity contribution in [2.75, 3.05) is 18.4 Å². The van der Waals surface area contributed by atoms with E-state index < -0.39 is 0 Å². The molecule has 130 valence electrons. The van der Waals surface area contributed by atoms with Crippen LogP contribution >= 0.6 is 0 Å². The molecule has 1 heterocycles. The second kappa shape index (κ2) is 7.12. The molecule has 0 aromatic heterocycles. The Balaban J connectivity index is 1.87. The average Bonchev–Trinajstić information content (AvgIpc) is 2.44. The third-order valence-electron chi connectivity index (χ3n) is 4.30. The van der Waals surface area contributed by atoms with Crippen LogP contribution < -0.4 is 15.4 Å². The molecular weight excluding hydrogens is 284 g/mol. The summed E-state index contributed by atoms with van der Waals surface area (Å²) >= 11 is 0. The summed E-state index contributed by atoms with van der Waals surface area (Å²) in [5, 5.41) is 7.20. The fourth-order valence-corrected chi connectivity index (χ4v) is 3.58. The maximum absolute atomic E-state index is 5.97. The zero-order valence-electron chi connectivity index (χ0n) is 15.8. The molecule has 0 aliphatic carbocycles. The molecule has 3 heteroatoms. The summed E-state index contributed by atoms with van der Waals surface area (Å²) in [5.74, 6) is 0.993. The molecule has 0 spiro atoms. The largest absolute Gasteiger partial charge is 0.486 e. The van der Waals surface area contributed by atoms with Crippen molar-refractivity contribution in [3.8, 4) is 5.75 Å². The molecule has 1 aromatic rings. The van der Waals surface area contributed by atoms with Crippen molar-refractivity contribution in [3.63, 3.8) is 0 Å². The van der Waals surface area contributed by atoms with Crippen LogP contribution in [-0.4, -0.2) is 24.7 Å². The van der Waals surface area contributed by atoms with E-state index in [1.807, 2.05) is 0 Å². The van der Waals surface area contributed by atoms with Crippen molar-refractivity contribution in [1.29, 1.82) is 0 Å². The fraction of sp³-hybridized carbons (Fsp3) is 0.700. The predicted molar refractivity (Wildman–Crippen MR) is 99.5 cm³/mol. The van der Waals surface area contributed by atoms with Crippen LogP contribution in [0.4, 0.5) is 5.69 Å². The van der Waals surface area contributed by atoms with E-state index in [0.29, 0.717) is 11.5 Å². The van der Waals surface area contributed by atoms with Crippen molar-refractivity contribution in [3.05, 3.63) is 23.8 Å². The summed E-state index contributed by atoms with van der Waals surface area (Å²) < 4.78 is 5.97. The number of hydrogen-bond donors (Lipinski definition) is 2. The van der Waals surface area contributed by atoms with Gasteiger partial charge in [0.1, 0.15) is 11.9 Å². The lowest BCUT2D eigenvalue weighted by Crippen LogP contribution is -2.43. The monoisotopic (exact) mass is 318 g/mol. The minimum atomic E-state index is 0.169. The van der Waals surface area contributed by atoms with Crippen LogP contribution in [0.5, 0.6) is 5.75 Å². The van der Waals surface area contributed by atoms with Crippen molar-refractivity contribution in [2.24, 2.45) is 5.41 Å². The highest BCUT2D eigenvalue weighted by Gasteiger charge is 2.24. The molecule has 1 aliphatic rings. The van der Waals surface area contributed by atoms with Crippen molar-refractivity contribution < 1.29 is 4.74 Å². The van der Waals surface area contributed by atoms with Crippen LogP contribution in [0.1, 0.15) is 59.9 Å². The standard InChI is InChI=1S/C20H34N2O/c1-7-16-13-21-17-12-15(8-9-18(17)23-16)10-11-22-20(5,6)14-19(2,3)4/h8-9,12,16,21-22H,7,10-11,13-14H2,1-6H3. The highest BCUT2D eigenvalue weighted by atomic mass is 16.5. The van der Waals surface area contributed by atoms with Gasteiger partial charge in [-0.3, -0.25) is 0 Å². The summed E-state index contributed by atoms with van der Waals surface area (Å²) in [4.78, 5) is 0. The molecule has 0 amide bonds. The van der Waals surface area contributed by atoms with E-state index in [0.717, 1.165) is 43.8 Å². The average molecular weight is 319 g/mol. The van der Waals surface area contributed by atoms with E-state index in [4.69, 9.17) is 4.74 Å². The van der Waals surface area contributed by atoms with Crippen LogP contribution in [0, 0.1) is 5.41 Å². The molecule has 1 aliphatic heterocycles. The second-order valence-electron chi connectivity index (χ2n) is 8.66. The molecule has 0 saturated carbocycles. The van der Waals surface area contributed by atoms with Crippen molar-refractivity contribution in [2.45, 2.75) is 72.4 Å². The highest BCUT2D eigenvalue weighted by Crippen LogP contribution is 2.31. The molecule has 0 radical (unpaired) electrons. The van der Waals surface area contributed by atoms with Gasteiger partial charge in [0.25, 0.3) is 0 Å². The zero-order chi connectivity index (χ0) is 17.1. The van der Waals surface area contributed by atoms with E-state index in [1.165, 1.54) is 5.56 Å². The fourth-order valence-electron chi connectivity index (χ4n) is 3.58. The smallest absolute Gasteiger partial charge is 0.142 e. The maximum atomic E-state index is 5.97. The van der Waals surface area contributed by atoms with E-state index in [2.05, 4.69) is 70.4 Å². The molecule has 0 saturated heterocycles. The van der Waals surface area contributed by atoms with Gasteiger partial charge in [0.05, 0.1) is 12.2 Å². The van der Waals surface area contributed by atoms with Crippen LogP contribution in [0.2, 0.25) is 0 Å². The Morgan fingerprint density at radius 2 is 1.96 bits per heavy atom. The van der Waals surface area contributed by atoms with Crippen LogP contribution in [-0.2, 0) is 6.42 Å². The van der Waals surface area contributed by atoms with E-state index >= 15 is 0 Å². The first-order chi connectivity index (χ1) is 10.7. The van der Waals surface area contributed by atoms with Gasteiger partial charge in [-0.05, 0) is 62.8 Å². The second-order valence-corrected chi connectivity index (χ2v) is 8.66. The normalized spacial score (nSPS) is 18.1. The van der Waals surface area contributed by atoms with Gasteiger partial charge in [-0.1, -0.05) is 33.8 Å². The van der Waals surface area contributed by atoms with Crippen LogP contribution in [0.15, 0.2) is 18.2 Å². The predicted octanol–water partition coefficient (Wildman–Crippen LogP) is 4.62. The van der Waals surface area contributed by atoms with E-state index in [9.17, 15) is 0 Å². The molecule has 1 aromatic carbocycles. The Morgan fingerprint density at radius 3 is 2.61 bits per heavy atom. The number of ether oxygens (including phenoxy) is 1. The summed E-state index contributed by atoms with van der Waals surface area (Å²) in [5.41, 5.74) is 3.01. The van der Waals surface area contributed by atoms with Gasteiger partial charge >= 0.3 is 0 Å². The lowest BCUT2D eigenvalue weighted by Gasteiger charge is -2.33. The Hall–Kier alpha value is -1.22. The van der Waals surface area contributed by atoms with Crippen LogP contribution in [0.3, 0.4) is 0 Å². The molecule has 1 atom stereocenters. The molecule has 2 rings (SSSR count). The maximum Gasteiger partial charge on any atom is 0.142 e. The number of nitrogens with one attached hydrogen (secondary N) is 2. The molecule has 23 heavy (non-hydrogen) atoms. The first-order valence-electron chi connectivity index (χ1n) is 8.97. The molecule has 2 N–H and O–H groups in total. The van der Waals surface area contributed by atoms with Gasteiger partial charge in [-0.15, -0.1) is 0 Å². The third-order valence-corrected chi connectivity index (χ3v) is 4.30. The first-order valence-corrected chi connectivity index (χ1v) is 8.97. The number of rotatable bonds is 6. The molecule has 1 unspecified atom stereocenters. The summed E-state index contributed by atoms with van der Waals surface area (Å²) in [6.07, 6.45) is 3.55. The lowest BCUT2D eigenvalue weighted by molar-refractivity contribution is 0.202. The zero-order valence-corrected chi connectivity index (χ0v) is 15.8. The quantitative estimate of drug-likeness (QED) is 0.803. The Bertz CT molecular complexity index is 517. The molecule has 3 nitrogen and oxygen atoms in total. The van der Waals surface area contributed by atoms with Gasteiger partial charge in [0.15, 0.2) is 0 Å². The van der Waals surface area contributed by atoms with Gasteiger partial charge in [-0.25, -0.2) is 0 Å². The van der Waals surface area contributed by atoms with Gasteiger partial charge in [-0.2, -0.15) is 0 Å². The van der Waals surface area contributed by atoms with Gasteiger partial charge < -0.3 is 15.4 Å². The minimum absolute atomic E-state index is 0.169.